The molecule has 0 aromatic carbocycles. The summed E-state index contributed by atoms with van der Waals surface area (Å²) < 4.78 is 11.1. The highest BCUT2D eigenvalue weighted by Gasteiger charge is 2.30. The van der Waals surface area contributed by atoms with E-state index in [0.29, 0.717) is 12.6 Å². The Morgan fingerprint density at radius 2 is 2.29 bits per heavy atom. The molecule has 1 aromatic heterocycles. The van der Waals surface area contributed by atoms with E-state index in [0.717, 1.165) is 57.6 Å². The van der Waals surface area contributed by atoms with E-state index in [1.807, 2.05) is 19.2 Å². The van der Waals surface area contributed by atoms with Gasteiger partial charge in [0, 0.05) is 45.5 Å². The lowest BCUT2D eigenvalue weighted by Crippen LogP contribution is -2.47. The molecule has 2 fully saturated rings. The minimum Gasteiger partial charge on any atom is -0.490 e. The normalized spacial score (nSPS) is 22.6. The molecule has 2 saturated heterocycles. The highest BCUT2D eigenvalue weighted by Crippen LogP contribution is 2.17. The van der Waals surface area contributed by atoms with Crippen LogP contribution in [-0.4, -0.2) is 86.4 Å². The Morgan fingerprint density at radius 1 is 1.42 bits per heavy atom. The number of aromatic nitrogens is 1. The molecule has 3 heterocycles. The molecule has 1 atom stereocenters. The Bertz CT molecular complexity index is 519. The van der Waals surface area contributed by atoms with E-state index in [1.54, 1.807) is 12.4 Å². The van der Waals surface area contributed by atoms with Crippen molar-refractivity contribution in [1.82, 2.24) is 20.1 Å². The predicted octanol–water partition coefficient (Wildman–Crippen LogP) is 0.442. The number of guanidine groups is 1. The first-order valence-electron chi connectivity index (χ1n) is 8.67. The molecule has 0 amide bonds. The summed E-state index contributed by atoms with van der Waals surface area (Å²) in [6, 6.07) is 4.39. The standard InChI is InChI=1S/C17H27N5O2/c1-18-17(20-6-10-24-16-3-2-5-19-13-16)22-7-4-15(14-22)21-8-11-23-12-9-21/h2-3,5,13,15H,4,6-12,14H2,1H3,(H,18,20). The van der Waals surface area contributed by atoms with Crippen molar-refractivity contribution in [3.05, 3.63) is 24.5 Å². The average molecular weight is 333 g/mol. The fourth-order valence-electron chi connectivity index (χ4n) is 3.27. The van der Waals surface area contributed by atoms with Crippen LogP contribution in [0, 0.1) is 0 Å². The minimum absolute atomic E-state index is 0.589. The van der Waals surface area contributed by atoms with Gasteiger partial charge in [-0.15, -0.1) is 0 Å². The fraction of sp³-hybridized carbons (Fsp3) is 0.647. The van der Waals surface area contributed by atoms with Gasteiger partial charge in [-0.05, 0) is 18.6 Å². The van der Waals surface area contributed by atoms with Crippen LogP contribution in [0.25, 0.3) is 0 Å². The highest BCUT2D eigenvalue weighted by molar-refractivity contribution is 5.80. The molecule has 0 spiro atoms. The van der Waals surface area contributed by atoms with Crippen LogP contribution in [0.3, 0.4) is 0 Å². The molecule has 2 aliphatic heterocycles. The number of ether oxygens (including phenoxy) is 2. The van der Waals surface area contributed by atoms with Gasteiger partial charge in [0.15, 0.2) is 5.96 Å². The number of likely N-dealkylation sites (tertiary alicyclic amines) is 1. The van der Waals surface area contributed by atoms with Crippen LogP contribution in [0.15, 0.2) is 29.5 Å². The second kappa shape index (κ2) is 8.84. The number of aliphatic imine (C=N–C) groups is 1. The first kappa shape index (κ1) is 17.0. The first-order chi connectivity index (χ1) is 11.9. The first-order valence-corrected chi connectivity index (χ1v) is 8.67. The lowest BCUT2D eigenvalue weighted by molar-refractivity contribution is 0.0195. The van der Waals surface area contributed by atoms with Crippen molar-refractivity contribution in [3.63, 3.8) is 0 Å². The molecular weight excluding hydrogens is 306 g/mol. The third-order valence-electron chi connectivity index (χ3n) is 4.53. The van der Waals surface area contributed by atoms with E-state index in [2.05, 4.69) is 25.1 Å². The molecule has 1 N–H and O–H groups in total. The minimum atomic E-state index is 0.589. The zero-order valence-corrected chi connectivity index (χ0v) is 14.4. The Labute approximate surface area is 143 Å². The van der Waals surface area contributed by atoms with E-state index in [1.165, 1.54) is 6.42 Å². The van der Waals surface area contributed by atoms with Gasteiger partial charge in [0.05, 0.1) is 26.0 Å². The number of rotatable bonds is 5. The van der Waals surface area contributed by atoms with Crippen molar-refractivity contribution < 1.29 is 9.47 Å². The molecule has 0 bridgehead atoms. The molecular formula is C17H27N5O2. The lowest BCUT2D eigenvalue weighted by atomic mass is 10.2. The Balaban J connectivity index is 1.40. The molecule has 2 aliphatic rings. The van der Waals surface area contributed by atoms with Crippen molar-refractivity contribution in [3.8, 4) is 5.75 Å². The van der Waals surface area contributed by atoms with Gasteiger partial charge in [-0.1, -0.05) is 0 Å². The molecule has 3 rings (SSSR count). The smallest absolute Gasteiger partial charge is 0.193 e. The van der Waals surface area contributed by atoms with Crippen molar-refractivity contribution in [2.24, 2.45) is 4.99 Å². The molecule has 0 saturated carbocycles. The van der Waals surface area contributed by atoms with Crippen LogP contribution in [-0.2, 0) is 4.74 Å². The number of hydrogen-bond acceptors (Lipinski definition) is 5. The van der Waals surface area contributed by atoms with Crippen molar-refractivity contribution in [2.45, 2.75) is 12.5 Å². The Morgan fingerprint density at radius 3 is 3.04 bits per heavy atom. The molecule has 7 nitrogen and oxygen atoms in total. The van der Waals surface area contributed by atoms with E-state index < -0.39 is 0 Å². The summed E-state index contributed by atoms with van der Waals surface area (Å²) in [5.74, 6) is 1.75. The van der Waals surface area contributed by atoms with Gasteiger partial charge in [-0.2, -0.15) is 0 Å². The van der Waals surface area contributed by atoms with Crippen LogP contribution in [0.5, 0.6) is 5.75 Å². The van der Waals surface area contributed by atoms with Crippen LogP contribution < -0.4 is 10.1 Å². The van der Waals surface area contributed by atoms with Crippen LogP contribution >= 0.6 is 0 Å². The summed E-state index contributed by atoms with van der Waals surface area (Å²) in [7, 11) is 1.84. The fourth-order valence-corrected chi connectivity index (χ4v) is 3.27. The van der Waals surface area contributed by atoms with Crippen LogP contribution in [0.2, 0.25) is 0 Å². The van der Waals surface area contributed by atoms with E-state index in [9.17, 15) is 0 Å². The molecule has 7 heteroatoms. The second-order valence-electron chi connectivity index (χ2n) is 6.05. The van der Waals surface area contributed by atoms with Crippen molar-refractivity contribution >= 4 is 5.96 Å². The summed E-state index contributed by atoms with van der Waals surface area (Å²) in [6.45, 7) is 7.19. The summed E-state index contributed by atoms with van der Waals surface area (Å²) in [5, 5.41) is 3.39. The maximum absolute atomic E-state index is 5.66. The van der Waals surface area contributed by atoms with Gasteiger partial charge in [0.25, 0.3) is 0 Å². The third-order valence-corrected chi connectivity index (χ3v) is 4.53. The molecule has 132 valence electrons. The summed E-state index contributed by atoms with van der Waals surface area (Å²) in [5.41, 5.74) is 0. The quantitative estimate of drug-likeness (QED) is 0.479. The number of nitrogens with zero attached hydrogens (tertiary/aromatic N) is 4. The Hall–Kier alpha value is -1.86. The summed E-state index contributed by atoms with van der Waals surface area (Å²) in [6.07, 6.45) is 4.65. The monoisotopic (exact) mass is 333 g/mol. The topological polar surface area (TPSA) is 62.2 Å². The molecule has 0 aliphatic carbocycles. The Kier molecular flexibility index (Phi) is 6.26. The number of pyridine rings is 1. The summed E-state index contributed by atoms with van der Waals surface area (Å²) in [4.78, 5) is 13.3. The SMILES string of the molecule is CN=C(NCCOc1cccnc1)N1CCC(N2CCOCC2)C1. The number of nitrogens with one attached hydrogen (secondary N) is 1. The average Bonchev–Trinajstić information content (AvgIpc) is 3.13. The zero-order valence-electron chi connectivity index (χ0n) is 14.4. The van der Waals surface area contributed by atoms with Crippen molar-refractivity contribution in [2.75, 3.05) is 59.6 Å². The highest BCUT2D eigenvalue weighted by atomic mass is 16.5. The van der Waals surface area contributed by atoms with Gasteiger partial charge in [0.1, 0.15) is 12.4 Å². The largest absolute Gasteiger partial charge is 0.490 e. The molecule has 1 unspecified atom stereocenters. The number of hydrogen-bond donors (Lipinski definition) is 1. The van der Waals surface area contributed by atoms with E-state index in [4.69, 9.17) is 9.47 Å². The van der Waals surface area contributed by atoms with E-state index >= 15 is 0 Å². The molecule has 24 heavy (non-hydrogen) atoms. The number of morpholine rings is 1. The van der Waals surface area contributed by atoms with Crippen LogP contribution in [0.4, 0.5) is 0 Å². The maximum Gasteiger partial charge on any atom is 0.193 e. The van der Waals surface area contributed by atoms with Gasteiger partial charge in [-0.25, -0.2) is 0 Å². The van der Waals surface area contributed by atoms with E-state index in [-0.39, 0.29) is 0 Å². The van der Waals surface area contributed by atoms with Gasteiger partial charge in [0.2, 0.25) is 0 Å². The zero-order chi connectivity index (χ0) is 16.6. The third kappa shape index (κ3) is 4.58. The van der Waals surface area contributed by atoms with Gasteiger partial charge in [-0.3, -0.25) is 14.9 Å². The van der Waals surface area contributed by atoms with Gasteiger partial charge >= 0.3 is 0 Å². The summed E-state index contributed by atoms with van der Waals surface area (Å²) >= 11 is 0. The van der Waals surface area contributed by atoms with Crippen LogP contribution in [0.1, 0.15) is 6.42 Å². The predicted molar refractivity (Wildman–Crippen MR) is 93.5 cm³/mol. The molecule has 0 radical (unpaired) electrons. The van der Waals surface area contributed by atoms with Gasteiger partial charge < -0.3 is 19.7 Å². The van der Waals surface area contributed by atoms with Crippen molar-refractivity contribution in [1.29, 1.82) is 0 Å². The lowest BCUT2D eigenvalue weighted by Gasteiger charge is -2.32. The molecule has 1 aromatic rings. The second-order valence-corrected chi connectivity index (χ2v) is 6.05. The maximum atomic E-state index is 5.66.